The molecule has 2 unspecified atom stereocenters. The lowest BCUT2D eigenvalue weighted by molar-refractivity contribution is 0.108. The zero-order valence-electron chi connectivity index (χ0n) is 12.6. The molecule has 2 nitrogen and oxygen atoms in total. The Morgan fingerprint density at radius 1 is 1.10 bits per heavy atom. The van der Waals surface area contributed by atoms with Crippen molar-refractivity contribution in [3.8, 4) is 0 Å². The Labute approximate surface area is 127 Å². The van der Waals surface area contributed by atoms with E-state index in [1.807, 2.05) is 0 Å². The number of aryl methyl sites for hydroxylation is 1. The van der Waals surface area contributed by atoms with E-state index in [1.54, 1.807) is 0 Å². The van der Waals surface area contributed by atoms with Gasteiger partial charge in [-0.25, -0.2) is 0 Å². The minimum atomic E-state index is 0.232. The Morgan fingerprint density at radius 2 is 1.90 bits per heavy atom. The molecule has 0 bridgehead atoms. The van der Waals surface area contributed by atoms with E-state index < -0.39 is 0 Å². The summed E-state index contributed by atoms with van der Waals surface area (Å²) in [6, 6.07) is 19.6. The summed E-state index contributed by atoms with van der Waals surface area (Å²) in [6.45, 7) is 3.96. The van der Waals surface area contributed by atoms with E-state index >= 15 is 0 Å². The van der Waals surface area contributed by atoms with Crippen LogP contribution < -0.4 is 5.32 Å². The molecule has 1 aliphatic rings. The average Bonchev–Trinajstić information content (AvgIpc) is 3.02. The van der Waals surface area contributed by atoms with Crippen LogP contribution in [0.1, 0.15) is 35.6 Å². The molecule has 2 aromatic rings. The first kappa shape index (κ1) is 14.3. The molecule has 2 heteroatoms. The molecule has 0 amide bonds. The van der Waals surface area contributed by atoms with Gasteiger partial charge < -0.3 is 10.1 Å². The second kappa shape index (κ2) is 6.88. The van der Waals surface area contributed by atoms with Crippen LogP contribution in [0, 0.1) is 6.92 Å². The van der Waals surface area contributed by atoms with Gasteiger partial charge in [0.1, 0.15) is 0 Å². The minimum absolute atomic E-state index is 0.232. The van der Waals surface area contributed by atoms with E-state index in [1.165, 1.54) is 29.5 Å². The highest BCUT2D eigenvalue weighted by Gasteiger charge is 2.19. The third kappa shape index (κ3) is 3.72. The lowest BCUT2D eigenvalue weighted by atomic mass is 9.97. The minimum Gasteiger partial charge on any atom is -0.377 e. The predicted molar refractivity (Wildman–Crippen MR) is 86.4 cm³/mol. The fourth-order valence-electron chi connectivity index (χ4n) is 2.98. The molecular formula is C19H23NO. The third-order valence-corrected chi connectivity index (χ3v) is 4.08. The zero-order valence-corrected chi connectivity index (χ0v) is 12.6. The summed E-state index contributed by atoms with van der Waals surface area (Å²) in [5, 5.41) is 3.70. The SMILES string of the molecule is Cc1cccc(C(NCC2CCCO2)c2ccccc2)c1. The standard InChI is InChI=1S/C19H23NO/c1-15-7-5-10-17(13-15)19(16-8-3-2-4-9-16)20-14-18-11-6-12-21-18/h2-5,7-10,13,18-20H,6,11-12,14H2,1H3. The van der Waals surface area contributed by atoms with Gasteiger partial charge in [0, 0.05) is 13.2 Å². The molecule has 1 aliphatic heterocycles. The Kier molecular flexibility index (Phi) is 4.69. The van der Waals surface area contributed by atoms with Crippen LogP contribution in [0.3, 0.4) is 0 Å². The summed E-state index contributed by atoms with van der Waals surface area (Å²) >= 11 is 0. The van der Waals surface area contributed by atoms with Crippen molar-refractivity contribution in [3.63, 3.8) is 0 Å². The molecule has 0 aliphatic carbocycles. The van der Waals surface area contributed by atoms with Crippen molar-refractivity contribution in [2.24, 2.45) is 0 Å². The molecule has 1 N–H and O–H groups in total. The summed E-state index contributed by atoms with van der Waals surface area (Å²) < 4.78 is 5.74. The van der Waals surface area contributed by atoms with Gasteiger partial charge in [0.05, 0.1) is 12.1 Å². The number of hydrogen-bond donors (Lipinski definition) is 1. The Bertz CT molecular complexity index is 561. The van der Waals surface area contributed by atoms with Gasteiger partial charge in [0.15, 0.2) is 0 Å². The van der Waals surface area contributed by atoms with Crippen molar-refractivity contribution >= 4 is 0 Å². The molecule has 21 heavy (non-hydrogen) atoms. The van der Waals surface area contributed by atoms with Crippen LogP contribution in [0.2, 0.25) is 0 Å². The Hall–Kier alpha value is -1.64. The molecule has 0 aromatic heterocycles. The van der Waals surface area contributed by atoms with E-state index in [0.717, 1.165) is 13.2 Å². The molecule has 2 atom stereocenters. The third-order valence-electron chi connectivity index (χ3n) is 4.08. The number of benzene rings is 2. The van der Waals surface area contributed by atoms with Crippen molar-refractivity contribution < 1.29 is 4.74 Å². The first-order valence-corrected chi connectivity index (χ1v) is 7.79. The maximum atomic E-state index is 5.74. The highest BCUT2D eigenvalue weighted by atomic mass is 16.5. The van der Waals surface area contributed by atoms with Crippen LogP contribution in [0.15, 0.2) is 54.6 Å². The van der Waals surface area contributed by atoms with E-state index in [9.17, 15) is 0 Å². The topological polar surface area (TPSA) is 21.3 Å². The molecule has 3 rings (SSSR count). The molecule has 110 valence electrons. The smallest absolute Gasteiger partial charge is 0.0700 e. The molecule has 1 heterocycles. The van der Waals surface area contributed by atoms with Crippen molar-refractivity contribution in [2.75, 3.05) is 13.2 Å². The molecule has 1 fully saturated rings. The van der Waals surface area contributed by atoms with Gasteiger partial charge in [-0.1, -0.05) is 60.2 Å². The van der Waals surface area contributed by atoms with Gasteiger partial charge in [-0.3, -0.25) is 0 Å². The quantitative estimate of drug-likeness (QED) is 0.898. The van der Waals surface area contributed by atoms with Crippen LogP contribution in [-0.2, 0) is 4.74 Å². The summed E-state index contributed by atoms with van der Waals surface area (Å²) in [4.78, 5) is 0. The highest BCUT2D eigenvalue weighted by molar-refractivity contribution is 5.33. The summed E-state index contributed by atoms with van der Waals surface area (Å²) in [5.41, 5.74) is 3.92. The van der Waals surface area contributed by atoms with Gasteiger partial charge in [-0.15, -0.1) is 0 Å². The maximum Gasteiger partial charge on any atom is 0.0700 e. The zero-order chi connectivity index (χ0) is 14.5. The monoisotopic (exact) mass is 281 g/mol. The van der Waals surface area contributed by atoms with Crippen LogP contribution >= 0.6 is 0 Å². The van der Waals surface area contributed by atoms with Gasteiger partial charge in [0.25, 0.3) is 0 Å². The first-order valence-electron chi connectivity index (χ1n) is 7.79. The second-order valence-corrected chi connectivity index (χ2v) is 5.80. The van der Waals surface area contributed by atoms with Gasteiger partial charge in [0.2, 0.25) is 0 Å². The average molecular weight is 281 g/mol. The van der Waals surface area contributed by atoms with Crippen LogP contribution in [-0.4, -0.2) is 19.3 Å². The maximum absolute atomic E-state index is 5.74. The van der Waals surface area contributed by atoms with Gasteiger partial charge in [-0.2, -0.15) is 0 Å². The van der Waals surface area contributed by atoms with E-state index in [0.29, 0.717) is 6.10 Å². The van der Waals surface area contributed by atoms with E-state index in [-0.39, 0.29) is 6.04 Å². The number of ether oxygens (including phenoxy) is 1. The Balaban J connectivity index is 1.80. The largest absolute Gasteiger partial charge is 0.377 e. The lowest BCUT2D eigenvalue weighted by Gasteiger charge is -2.22. The molecule has 0 spiro atoms. The van der Waals surface area contributed by atoms with E-state index in [2.05, 4.69) is 66.8 Å². The predicted octanol–water partition coefficient (Wildman–Crippen LogP) is 3.85. The van der Waals surface area contributed by atoms with Crippen molar-refractivity contribution in [1.29, 1.82) is 0 Å². The highest BCUT2D eigenvalue weighted by Crippen LogP contribution is 2.23. The fourth-order valence-corrected chi connectivity index (χ4v) is 2.98. The van der Waals surface area contributed by atoms with Crippen molar-refractivity contribution in [3.05, 3.63) is 71.3 Å². The Morgan fingerprint density at radius 3 is 2.62 bits per heavy atom. The lowest BCUT2D eigenvalue weighted by Crippen LogP contribution is -2.30. The summed E-state index contributed by atoms with van der Waals surface area (Å²) in [6.07, 6.45) is 2.72. The summed E-state index contributed by atoms with van der Waals surface area (Å²) in [7, 11) is 0. The van der Waals surface area contributed by atoms with Crippen LogP contribution in [0.4, 0.5) is 0 Å². The van der Waals surface area contributed by atoms with Crippen molar-refractivity contribution in [1.82, 2.24) is 5.32 Å². The molecule has 1 saturated heterocycles. The van der Waals surface area contributed by atoms with Crippen LogP contribution in [0.5, 0.6) is 0 Å². The fraction of sp³-hybridized carbons (Fsp3) is 0.368. The van der Waals surface area contributed by atoms with Gasteiger partial charge >= 0.3 is 0 Å². The molecule has 2 aromatic carbocycles. The molecule has 0 saturated carbocycles. The normalized spacial score (nSPS) is 19.6. The van der Waals surface area contributed by atoms with Gasteiger partial charge in [-0.05, 0) is 30.9 Å². The second-order valence-electron chi connectivity index (χ2n) is 5.80. The number of hydrogen-bond acceptors (Lipinski definition) is 2. The van der Waals surface area contributed by atoms with E-state index in [4.69, 9.17) is 4.74 Å². The van der Waals surface area contributed by atoms with Crippen molar-refractivity contribution in [2.45, 2.75) is 31.9 Å². The summed E-state index contributed by atoms with van der Waals surface area (Å²) in [5.74, 6) is 0. The first-order chi connectivity index (χ1) is 10.3. The number of nitrogens with one attached hydrogen (secondary N) is 1. The molecular weight excluding hydrogens is 258 g/mol. The van der Waals surface area contributed by atoms with Crippen LogP contribution in [0.25, 0.3) is 0 Å². The molecule has 0 radical (unpaired) electrons. The number of rotatable bonds is 5.